The summed E-state index contributed by atoms with van der Waals surface area (Å²) in [5.41, 5.74) is 1.51. The molecular weight excluding hydrogens is 277 g/mol. The van der Waals surface area contributed by atoms with Gasteiger partial charge in [0.25, 0.3) is 0 Å². The van der Waals surface area contributed by atoms with Crippen LogP contribution in [0.3, 0.4) is 0 Å². The van der Waals surface area contributed by atoms with Crippen LogP contribution in [-0.2, 0) is 6.54 Å². The standard InChI is InChI=1S/C16H17ClFNO/c1-11(12-6-3-4-9-16(12)20-2)19-10-13-14(17)7-5-8-15(13)18/h3-9,11,19H,10H2,1-2H3/t11-/m0/s1. The van der Waals surface area contributed by atoms with Crippen molar-refractivity contribution < 1.29 is 9.13 Å². The molecule has 0 heterocycles. The number of benzene rings is 2. The second kappa shape index (κ2) is 6.73. The Morgan fingerprint density at radius 1 is 1.20 bits per heavy atom. The van der Waals surface area contributed by atoms with Gasteiger partial charge in [0.1, 0.15) is 11.6 Å². The van der Waals surface area contributed by atoms with E-state index in [1.54, 1.807) is 19.2 Å². The zero-order valence-electron chi connectivity index (χ0n) is 11.5. The Morgan fingerprint density at radius 3 is 2.65 bits per heavy atom. The van der Waals surface area contributed by atoms with Crippen molar-refractivity contribution in [3.63, 3.8) is 0 Å². The maximum absolute atomic E-state index is 13.7. The molecule has 0 aliphatic carbocycles. The summed E-state index contributed by atoms with van der Waals surface area (Å²) in [5.74, 6) is 0.518. The van der Waals surface area contributed by atoms with Gasteiger partial charge in [0.05, 0.1) is 7.11 Å². The van der Waals surface area contributed by atoms with Gasteiger partial charge >= 0.3 is 0 Å². The molecule has 0 spiro atoms. The van der Waals surface area contributed by atoms with Gasteiger partial charge in [-0.25, -0.2) is 4.39 Å². The molecule has 0 saturated carbocycles. The normalized spacial score (nSPS) is 12.2. The average Bonchev–Trinajstić information content (AvgIpc) is 2.46. The highest BCUT2D eigenvalue weighted by Crippen LogP contribution is 2.25. The van der Waals surface area contributed by atoms with E-state index in [0.717, 1.165) is 11.3 Å². The highest BCUT2D eigenvalue weighted by molar-refractivity contribution is 6.31. The van der Waals surface area contributed by atoms with Crippen molar-refractivity contribution in [2.75, 3.05) is 7.11 Å². The number of para-hydroxylation sites is 1. The molecule has 4 heteroatoms. The summed E-state index contributed by atoms with van der Waals surface area (Å²) in [4.78, 5) is 0. The number of hydrogen-bond acceptors (Lipinski definition) is 2. The third-order valence-electron chi connectivity index (χ3n) is 3.25. The molecule has 1 N–H and O–H groups in total. The summed E-state index contributed by atoms with van der Waals surface area (Å²) in [6.07, 6.45) is 0. The van der Waals surface area contributed by atoms with Crippen molar-refractivity contribution in [3.05, 3.63) is 64.4 Å². The molecule has 2 aromatic rings. The molecule has 1 atom stereocenters. The van der Waals surface area contributed by atoms with Crippen molar-refractivity contribution in [1.29, 1.82) is 0 Å². The van der Waals surface area contributed by atoms with Crippen LogP contribution in [0.4, 0.5) is 4.39 Å². The van der Waals surface area contributed by atoms with Crippen LogP contribution in [-0.4, -0.2) is 7.11 Å². The van der Waals surface area contributed by atoms with E-state index in [-0.39, 0.29) is 11.9 Å². The van der Waals surface area contributed by atoms with E-state index >= 15 is 0 Å². The van der Waals surface area contributed by atoms with Crippen LogP contribution < -0.4 is 10.1 Å². The van der Waals surface area contributed by atoms with E-state index in [1.165, 1.54) is 6.07 Å². The fourth-order valence-corrected chi connectivity index (χ4v) is 2.32. The Kier molecular flexibility index (Phi) is 4.99. The first-order valence-corrected chi connectivity index (χ1v) is 6.80. The van der Waals surface area contributed by atoms with Gasteiger partial charge in [0, 0.05) is 28.7 Å². The van der Waals surface area contributed by atoms with Crippen LogP contribution in [0.2, 0.25) is 5.02 Å². The molecule has 0 aliphatic heterocycles. The van der Waals surface area contributed by atoms with Gasteiger partial charge < -0.3 is 10.1 Å². The van der Waals surface area contributed by atoms with Gasteiger partial charge in [-0.3, -0.25) is 0 Å². The number of halogens is 2. The smallest absolute Gasteiger partial charge is 0.129 e. The van der Waals surface area contributed by atoms with E-state index in [9.17, 15) is 4.39 Å². The van der Waals surface area contributed by atoms with E-state index in [2.05, 4.69) is 5.32 Å². The Morgan fingerprint density at radius 2 is 1.95 bits per heavy atom. The summed E-state index contributed by atoms with van der Waals surface area (Å²) in [6.45, 7) is 2.37. The number of hydrogen-bond donors (Lipinski definition) is 1. The minimum absolute atomic E-state index is 0.0295. The summed E-state index contributed by atoms with van der Waals surface area (Å²) in [6, 6.07) is 12.5. The van der Waals surface area contributed by atoms with Crippen molar-refractivity contribution >= 4 is 11.6 Å². The van der Waals surface area contributed by atoms with Gasteiger partial charge in [0.15, 0.2) is 0 Å². The highest BCUT2D eigenvalue weighted by Gasteiger charge is 2.12. The Bertz CT molecular complexity index is 568. The molecular formula is C16H17ClFNO. The zero-order valence-corrected chi connectivity index (χ0v) is 12.2. The third kappa shape index (κ3) is 3.30. The lowest BCUT2D eigenvalue weighted by molar-refractivity contribution is 0.401. The van der Waals surface area contributed by atoms with Gasteiger partial charge in [-0.1, -0.05) is 35.9 Å². The predicted molar refractivity (Wildman–Crippen MR) is 79.7 cm³/mol. The van der Waals surface area contributed by atoms with E-state index in [4.69, 9.17) is 16.3 Å². The Labute approximate surface area is 123 Å². The largest absolute Gasteiger partial charge is 0.496 e. The van der Waals surface area contributed by atoms with Crippen molar-refractivity contribution in [3.8, 4) is 5.75 Å². The summed E-state index contributed by atoms with van der Waals surface area (Å²) in [5, 5.41) is 3.70. The molecule has 0 fully saturated rings. The second-order valence-corrected chi connectivity index (χ2v) is 4.95. The van der Waals surface area contributed by atoms with Crippen molar-refractivity contribution in [1.82, 2.24) is 5.32 Å². The maximum atomic E-state index is 13.7. The maximum Gasteiger partial charge on any atom is 0.129 e. The van der Waals surface area contributed by atoms with Crippen LogP contribution in [0, 0.1) is 5.82 Å². The van der Waals surface area contributed by atoms with Crippen LogP contribution in [0.1, 0.15) is 24.1 Å². The van der Waals surface area contributed by atoms with Gasteiger partial charge in [-0.2, -0.15) is 0 Å². The molecule has 2 aromatic carbocycles. The fraction of sp³-hybridized carbons (Fsp3) is 0.250. The first kappa shape index (κ1) is 14.8. The lowest BCUT2D eigenvalue weighted by Gasteiger charge is -2.18. The van der Waals surface area contributed by atoms with E-state index in [0.29, 0.717) is 17.1 Å². The molecule has 0 aliphatic rings. The number of ether oxygens (including phenoxy) is 1. The monoisotopic (exact) mass is 293 g/mol. The average molecular weight is 294 g/mol. The number of nitrogens with one attached hydrogen (secondary N) is 1. The predicted octanol–water partition coefficient (Wildman–Crippen LogP) is 4.34. The van der Waals surface area contributed by atoms with Gasteiger partial charge in [-0.05, 0) is 25.1 Å². The zero-order chi connectivity index (χ0) is 14.5. The van der Waals surface area contributed by atoms with E-state index in [1.807, 2.05) is 31.2 Å². The van der Waals surface area contributed by atoms with Crippen LogP contribution >= 0.6 is 11.6 Å². The van der Waals surface area contributed by atoms with Crippen LogP contribution in [0.25, 0.3) is 0 Å². The van der Waals surface area contributed by atoms with E-state index < -0.39 is 0 Å². The molecule has 0 aromatic heterocycles. The van der Waals surface area contributed by atoms with Crippen molar-refractivity contribution in [2.24, 2.45) is 0 Å². The minimum Gasteiger partial charge on any atom is -0.496 e. The number of methoxy groups -OCH3 is 1. The van der Waals surface area contributed by atoms with Crippen LogP contribution in [0.15, 0.2) is 42.5 Å². The third-order valence-corrected chi connectivity index (χ3v) is 3.61. The van der Waals surface area contributed by atoms with Crippen molar-refractivity contribution in [2.45, 2.75) is 19.5 Å². The topological polar surface area (TPSA) is 21.3 Å². The highest BCUT2D eigenvalue weighted by atomic mass is 35.5. The molecule has 20 heavy (non-hydrogen) atoms. The van der Waals surface area contributed by atoms with Gasteiger partial charge in [-0.15, -0.1) is 0 Å². The summed E-state index contributed by atoms with van der Waals surface area (Å²) in [7, 11) is 1.64. The molecule has 0 saturated heterocycles. The summed E-state index contributed by atoms with van der Waals surface area (Å²) < 4.78 is 19.0. The minimum atomic E-state index is -0.294. The first-order valence-electron chi connectivity index (χ1n) is 6.42. The van der Waals surface area contributed by atoms with Crippen LogP contribution in [0.5, 0.6) is 5.75 Å². The molecule has 0 amide bonds. The second-order valence-electron chi connectivity index (χ2n) is 4.54. The molecule has 0 radical (unpaired) electrons. The fourth-order valence-electron chi connectivity index (χ4n) is 2.09. The van der Waals surface area contributed by atoms with Gasteiger partial charge in [0.2, 0.25) is 0 Å². The SMILES string of the molecule is COc1ccccc1[C@H](C)NCc1c(F)cccc1Cl. The lowest BCUT2D eigenvalue weighted by atomic mass is 10.1. The summed E-state index contributed by atoms with van der Waals surface area (Å²) >= 11 is 6.01. The molecule has 106 valence electrons. The lowest BCUT2D eigenvalue weighted by Crippen LogP contribution is -2.19. The molecule has 0 bridgehead atoms. The quantitative estimate of drug-likeness (QED) is 0.885. The Balaban J connectivity index is 2.11. The molecule has 0 unspecified atom stereocenters. The molecule has 2 nitrogen and oxygen atoms in total. The molecule has 2 rings (SSSR count). The first-order chi connectivity index (χ1) is 9.63. The number of rotatable bonds is 5. The Hall–Kier alpha value is -1.58.